The largest absolute Gasteiger partial charge is 0.346 e. The van der Waals surface area contributed by atoms with Crippen molar-refractivity contribution in [2.24, 2.45) is 0 Å². The van der Waals surface area contributed by atoms with Gasteiger partial charge in [-0.15, -0.1) is 0 Å². The van der Waals surface area contributed by atoms with Gasteiger partial charge in [0.1, 0.15) is 0 Å². The van der Waals surface area contributed by atoms with Crippen LogP contribution in [0.25, 0.3) is 0 Å². The van der Waals surface area contributed by atoms with Gasteiger partial charge in [0.05, 0.1) is 0 Å². The van der Waals surface area contributed by atoms with Crippen molar-refractivity contribution in [2.45, 2.75) is 38.5 Å². The van der Waals surface area contributed by atoms with Gasteiger partial charge in [-0.2, -0.15) is 0 Å². The van der Waals surface area contributed by atoms with Gasteiger partial charge in [0.25, 0.3) is 0 Å². The van der Waals surface area contributed by atoms with E-state index in [1.807, 2.05) is 7.05 Å². The van der Waals surface area contributed by atoms with Crippen LogP contribution in [0, 0.1) is 0 Å². The topological polar surface area (TPSA) is 23.6 Å². The van der Waals surface area contributed by atoms with E-state index >= 15 is 0 Å². The van der Waals surface area contributed by atoms with E-state index in [1.54, 1.807) is 4.90 Å². The maximum atomic E-state index is 10.7. The standard InChI is InChI=1S/C6H11NO.C6H13N/c1-7-5-3-2-4-6(7)8;1-7-5-3-2-4-6-7/h2-5H2,1H3;2-6H2,1H3. The number of amides is 1. The van der Waals surface area contributed by atoms with E-state index in [9.17, 15) is 4.79 Å². The predicted octanol–water partition coefficient (Wildman–Crippen LogP) is 1.73. The summed E-state index contributed by atoms with van der Waals surface area (Å²) in [5.74, 6) is 0.302. The highest BCUT2D eigenvalue weighted by Crippen LogP contribution is 2.06. The number of rotatable bonds is 0. The van der Waals surface area contributed by atoms with Gasteiger partial charge >= 0.3 is 0 Å². The fourth-order valence-corrected chi connectivity index (χ4v) is 1.99. The van der Waals surface area contributed by atoms with E-state index < -0.39 is 0 Å². The Morgan fingerprint density at radius 1 is 0.867 bits per heavy atom. The highest BCUT2D eigenvalue weighted by Gasteiger charge is 2.12. The maximum absolute atomic E-state index is 10.7. The fourth-order valence-electron chi connectivity index (χ4n) is 1.99. The summed E-state index contributed by atoms with van der Waals surface area (Å²) >= 11 is 0. The van der Waals surface area contributed by atoms with Crippen molar-refractivity contribution in [3.05, 3.63) is 0 Å². The Bertz CT molecular complexity index is 188. The third-order valence-electron chi connectivity index (χ3n) is 3.14. The molecule has 0 atom stereocenters. The van der Waals surface area contributed by atoms with Crippen molar-refractivity contribution >= 4 is 5.91 Å². The molecular weight excluding hydrogens is 188 g/mol. The molecule has 0 saturated carbocycles. The normalized spacial score (nSPS) is 23.3. The van der Waals surface area contributed by atoms with Crippen molar-refractivity contribution in [3.8, 4) is 0 Å². The predicted molar refractivity (Wildman–Crippen MR) is 62.8 cm³/mol. The van der Waals surface area contributed by atoms with Crippen LogP contribution < -0.4 is 0 Å². The number of hydrogen-bond acceptors (Lipinski definition) is 2. The first kappa shape index (κ1) is 12.5. The molecule has 88 valence electrons. The molecule has 0 N–H and O–H groups in total. The van der Waals surface area contributed by atoms with Crippen LogP contribution in [0.4, 0.5) is 0 Å². The summed E-state index contributed by atoms with van der Waals surface area (Å²) < 4.78 is 0. The van der Waals surface area contributed by atoms with E-state index in [-0.39, 0.29) is 0 Å². The zero-order chi connectivity index (χ0) is 11.1. The van der Waals surface area contributed by atoms with Crippen LogP contribution >= 0.6 is 0 Å². The minimum atomic E-state index is 0.302. The van der Waals surface area contributed by atoms with E-state index in [4.69, 9.17) is 0 Å². The Labute approximate surface area is 93.4 Å². The average Bonchev–Trinajstić information content (AvgIpc) is 2.25. The van der Waals surface area contributed by atoms with Crippen molar-refractivity contribution < 1.29 is 4.79 Å². The highest BCUT2D eigenvalue weighted by atomic mass is 16.2. The molecule has 0 bridgehead atoms. The molecular formula is C12H24N2O. The Morgan fingerprint density at radius 2 is 1.47 bits per heavy atom. The average molecular weight is 212 g/mol. The fraction of sp³-hybridized carbons (Fsp3) is 0.917. The van der Waals surface area contributed by atoms with Gasteiger partial charge in [-0.1, -0.05) is 6.42 Å². The van der Waals surface area contributed by atoms with Gasteiger partial charge in [0.15, 0.2) is 0 Å². The molecule has 2 heterocycles. The zero-order valence-electron chi connectivity index (χ0n) is 10.2. The van der Waals surface area contributed by atoms with Gasteiger partial charge in [0, 0.05) is 20.0 Å². The van der Waals surface area contributed by atoms with E-state index in [2.05, 4.69) is 11.9 Å². The van der Waals surface area contributed by atoms with Crippen LogP contribution in [0.3, 0.4) is 0 Å². The lowest BCUT2D eigenvalue weighted by molar-refractivity contribution is -0.131. The van der Waals surface area contributed by atoms with Crippen LogP contribution in [0.2, 0.25) is 0 Å². The first-order valence-corrected chi connectivity index (χ1v) is 6.12. The lowest BCUT2D eigenvalue weighted by Gasteiger charge is -2.21. The second-order valence-electron chi connectivity index (χ2n) is 4.64. The Morgan fingerprint density at radius 3 is 1.80 bits per heavy atom. The monoisotopic (exact) mass is 212 g/mol. The molecule has 3 nitrogen and oxygen atoms in total. The summed E-state index contributed by atoms with van der Waals surface area (Å²) in [4.78, 5) is 14.9. The number of carbonyl (C=O) groups is 1. The molecule has 2 aliphatic rings. The number of carbonyl (C=O) groups excluding carboxylic acids is 1. The maximum Gasteiger partial charge on any atom is 0.222 e. The highest BCUT2D eigenvalue weighted by molar-refractivity contribution is 5.76. The van der Waals surface area contributed by atoms with E-state index in [0.717, 1.165) is 19.4 Å². The number of likely N-dealkylation sites (tertiary alicyclic amines) is 2. The van der Waals surface area contributed by atoms with Crippen LogP contribution in [-0.4, -0.2) is 49.4 Å². The number of nitrogens with zero attached hydrogens (tertiary/aromatic N) is 2. The molecule has 0 aromatic rings. The summed E-state index contributed by atoms with van der Waals surface area (Å²) in [5, 5.41) is 0. The van der Waals surface area contributed by atoms with Crippen LogP contribution in [-0.2, 0) is 4.79 Å². The van der Waals surface area contributed by atoms with Crippen LogP contribution in [0.1, 0.15) is 38.5 Å². The van der Waals surface area contributed by atoms with Gasteiger partial charge in [0.2, 0.25) is 5.91 Å². The zero-order valence-corrected chi connectivity index (χ0v) is 10.2. The van der Waals surface area contributed by atoms with Crippen molar-refractivity contribution in [1.29, 1.82) is 0 Å². The quantitative estimate of drug-likeness (QED) is 0.610. The summed E-state index contributed by atoms with van der Waals surface area (Å²) in [5.41, 5.74) is 0. The molecule has 0 aromatic heterocycles. The first-order valence-electron chi connectivity index (χ1n) is 6.12. The molecule has 3 heteroatoms. The number of hydrogen-bond donors (Lipinski definition) is 0. The minimum absolute atomic E-state index is 0.302. The summed E-state index contributed by atoms with van der Waals surface area (Å²) in [7, 11) is 4.06. The number of piperidine rings is 2. The first-order chi connectivity index (χ1) is 7.20. The molecule has 2 fully saturated rings. The Hall–Kier alpha value is -0.570. The van der Waals surface area contributed by atoms with Crippen molar-refractivity contribution in [2.75, 3.05) is 33.7 Å². The Balaban J connectivity index is 0.000000151. The third kappa shape index (κ3) is 5.17. The van der Waals surface area contributed by atoms with E-state index in [0.29, 0.717) is 5.91 Å². The molecule has 15 heavy (non-hydrogen) atoms. The van der Waals surface area contributed by atoms with Gasteiger partial charge in [-0.3, -0.25) is 4.79 Å². The second kappa shape index (κ2) is 6.83. The SMILES string of the molecule is CN1CCCCC1.CN1CCCCC1=O. The lowest BCUT2D eigenvalue weighted by Crippen LogP contribution is -2.31. The summed E-state index contributed by atoms with van der Waals surface area (Å²) in [6.45, 7) is 3.60. The molecule has 0 radical (unpaired) electrons. The molecule has 0 aliphatic carbocycles. The second-order valence-corrected chi connectivity index (χ2v) is 4.64. The molecule has 0 aromatic carbocycles. The molecule has 1 amide bonds. The lowest BCUT2D eigenvalue weighted by atomic mass is 10.1. The third-order valence-corrected chi connectivity index (χ3v) is 3.14. The smallest absolute Gasteiger partial charge is 0.222 e. The van der Waals surface area contributed by atoms with Gasteiger partial charge in [-0.05, 0) is 45.8 Å². The Kier molecular flexibility index (Phi) is 5.69. The van der Waals surface area contributed by atoms with Crippen molar-refractivity contribution in [1.82, 2.24) is 9.80 Å². The minimum Gasteiger partial charge on any atom is -0.346 e. The van der Waals surface area contributed by atoms with Gasteiger partial charge in [-0.25, -0.2) is 0 Å². The van der Waals surface area contributed by atoms with Crippen LogP contribution in [0.5, 0.6) is 0 Å². The summed E-state index contributed by atoms with van der Waals surface area (Å²) in [6.07, 6.45) is 7.30. The molecule has 0 unspecified atom stereocenters. The summed E-state index contributed by atoms with van der Waals surface area (Å²) in [6, 6.07) is 0. The van der Waals surface area contributed by atoms with Gasteiger partial charge < -0.3 is 9.80 Å². The van der Waals surface area contributed by atoms with E-state index in [1.165, 1.54) is 38.8 Å². The molecule has 0 spiro atoms. The van der Waals surface area contributed by atoms with Crippen molar-refractivity contribution in [3.63, 3.8) is 0 Å². The molecule has 2 saturated heterocycles. The molecule has 2 rings (SSSR count). The van der Waals surface area contributed by atoms with Crippen LogP contribution in [0.15, 0.2) is 0 Å². The molecule has 2 aliphatic heterocycles.